The zero-order chi connectivity index (χ0) is 21.4. The molecule has 1 aromatic carbocycles. The number of para-hydroxylation sites is 1. The number of hydrogen-bond donors (Lipinski definition) is 1. The van der Waals surface area contributed by atoms with Gasteiger partial charge in [-0.25, -0.2) is 0 Å². The Bertz CT molecular complexity index is 754. The van der Waals surface area contributed by atoms with Crippen LogP contribution in [0.2, 0.25) is 0 Å². The Morgan fingerprint density at radius 3 is 2.26 bits per heavy atom. The highest BCUT2D eigenvalue weighted by Crippen LogP contribution is 2.46. The first kappa shape index (κ1) is 21.3. The lowest BCUT2D eigenvalue weighted by Crippen LogP contribution is -2.61. The Kier molecular flexibility index (Phi) is 6.28. The summed E-state index contributed by atoms with van der Waals surface area (Å²) in [6, 6.07) is 11.4. The second-order valence-electron chi connectivity index (χ2n) is 11.0. The number of carbonyl (C=O) groups is 1. The van der Waals surface area contributed by atoms with Gasteiger partial charge in [-0.15, -0.1) is 0 Å². The number of aryl methyl sites for hydroxylation is 1. The van der Waals surface area contributed by atoms with Gasteiger partial charge in [-0.2, -0.15) is 0 Å². The monoisotopic (exact) mass is 424 g/mol. The molecule has 170 valence electrons. The predicted octanol–water partition coefficient (Wildman–Crippen LogP) is 5.49. The fourth-order valence-corrected chi connectivity index (χ4v) is 7.75. The predicted molar refractivity (Wildman–Crippen MR) is 126 cm³/mol. The molecule has 4 bridgehead atoms. The zero-order valence-electron chi connectivity index (χ0n) is 19.2. The van der Waals surface area contributed by atoms with Crippen LogP contribution in [0.3, 0.4) is 0 Å². The summed E-state index contributed by atoms with van der Waals surface area (Å²) >= 11 is 0. The van der Waals surface area contributed by atoms with Gasteiger partial charge < -0.3 is 10.0 Å². The highest BCUT2D eigenvalue weighted by molar-refractivity contribution is 5.68. The third kappa shape index (κ3) is 4.51. The maximum absolute atomic E-state index is 11.1. The molecule has 0 spiro atoms. The Morgan fingerprint density at radius 1 is 0.935 bits per heavy atom. The first-order chi connectivity index (χ1) is 15.1. The van der Waals surface area contributed by atoms with Crippen LogP contribution in [0.5, 0.6) is 0 Å². The lowest BCUT2D eigenvalue weighted by molar-refractivity contribution is -0.136. The summed E-state index contributed by atoms with van der Waals surface area (Å²) < 4.78 is 0. The third-order valence-corrected chi connectivity index (χ3v) is 9.06. The molecule has 4 aliphatic rings. The molecule has 2 aliphatic carbocycles. The minimum absolute atomic E-state index is 0.207. The van der Waals surface area contributed by atoms with Crippen LogP contribution in [0.4, 0.5) is 5.69 Å². The summed E-state index contributed by atoms with van der Waals surface area (Å²) in [7, 11) is 2.25. The van der Waals surface area contributed by atoms with Crippen molar-refractivity contribution in [3.05, 3.63) is 29.8 Å². The molecule has 0 radical (unpaired) electrons. The number of carboxylic acids is 1. The molecule has 4 heteroatoms. The lowest BCUT2D eigenvalue weighted by atomic mass is 9.68. The van der Waals surface area contributed by atoms with Gasteiger partial charge in [0, 0.05) is 43.3 Å². The van der Waals surface area contributed by atoms with Gasteiger partial charge in [0.2, 0.25) is 0 Å². The summed E-state index contributed by atoms with van der Waals surface area (Å²) in [6.45, 7) is 0. The number of rotatable bonds is 6. The second-order valence-corrected chi connectivity index (χ2v) is 11.0. The fourth-order valence-electron chi connectivity index (χ4n) is 7.75. The van der Waals surface area contributed by atoms with Crippen molar-refractivity contribution in [3.63, 3.8) is 0 Å². The molecule has 4 fully saturated rings. The van der Waals surface area contributed by atoms with Crippen molar-refractivity contribution >= 4 is 11.7 Å². The molecule has 0 aromatic heterocycles. The molecule has 1 N–H and O–H groups in total. The molecule has 1 aromatic rings. The maximum Gasteiger partial charge on any atom is 0.303 e. The number of carboxylic acid groups (broad SMARTS) is 1. The summed E-state index contributed by atoms with van der Waals surface area (Å²) in [5, 5.41) is 9.16. The Morgan fingerprint density at radius 2 is 1.58 bits per heavy atom. The lowest BCUT2D eigenvalue weighted by Gasteiger charge is -2.56. The number of piperidine rings is 2. The number of hydrogen-bond acceptors (Lipinski definition) is 3. The van der Waals surface area contributed by atoms with Crippen molar-refractivity contribution in [2.24, 2.45) is 11.8 Å². The summed E-state index contributed by atoms with van der Waals surface area (Å²) in [4.78, 5) is 16.6. The highest BCUT2D eigenvalue weighted by atomic mass is 16.4. The van der Waals surface area contributed by atoms with Crippen molar-refractivity contribution in [1.29, 1.82) is 0 Å². The van der Waals surface area contributed by atoms with Crippen LogP contribution >= 0.6 is 0 Å². The molecule has 6 atom stereocenters. The molecule has 2 saturated carbocycles. The minimum Gasteiger partial charge on any atom is -0.481 e. The second kappa shape index (κ2) is 9.13. The Labute approximate surface area is 188 Å². The molecular formula is C27H40N2O2. The van der Waals surface area contributed by atoms with Gasteiger partial charge in [-0.3, -0.25) is 9.69 Å². The topological polar surface area (TPSA) is 43.8 Å². The minimum atomic E-state index is -0.711. The molecule has 0 amide bonds. The summed E-state index contributed by atoms with van der Waals surface area (Å²) in [5.41, 5.74) is 2.42. The molecule has 4 nitrogen and oxygen atoms in total. The van der Waals surface area contributed by atoms with E-state index in [2.05, 4.69) is 35.0 Å². The molecule has 2 heterocycles. The van der Waals surface area contributed by atoms with E-state index in [1.165, 1.54) is 81.9 Å². The number of aliphatic carboxylic acids is 1. The average Bonchev–Trinajstić information content (AvgIpc) is 2.76. The van der Waals surface area contributed by atoms with Gasteiger partial charge in [0.25, 0.3) is 0 Å². The largest absolute Gasteiger partial charge is 0.481 e. The van der Waals surface area contributed by atoms with Crippen LogP contribution in [-0.4, -0.2) is 47.2 Å². The van der Waals surface area contributed by atoms with Crippen LogP contribution in [0.25, 0.3) is 0 Å². The van der Waals surface area contributed by atoms with Crippen LogP contribution < -0.4 is 4.90 Å². The number of nitrogens with zero attached hydrogens (tertiary/aromatic N) is 2. The van der Waals surface area contributed by atoms with Crippen LogP contribution in [0.15, 0.2) is 24.3 Å². The average molecular weight is 425 g/mol. The number of benzene rings is 1. The first-order valence-corrected chi connectivity index (χ1v) is 12.9. The summed E-state index contributed by atoms with van der Waals surface area (Å²) in [6.07, 6.45) is 16.4. The molecular weight excluding hydrogens is 384 g/mol. The number of anilines is 1. The molecule has 31 heavy (non-hydrogen) atoms. The normalized spacial score (nSPS) is 35.5. The van der Waals surface area contributed by atoms with E-state index >= 15 is 0 Å². The molecule has 5 rings (SSSR count). The van der Waals surface area contributed by atoms with E-state index in [0.29, 0.717) is 12.5 Å². The van der Waals surface area contributed by atoms with Crippen molar-refractivity contribution in [3.8, 4) is 0 Å². The van der Waals surface area contributed by atoms with Crippen molar-refractivity contribution in [1.82, 2.24) is 4.90 Å². The molecule has 2 saturated heterocycles. The van der Waals surface area contributed by atoms with Gasteiger partial charge in [0.15, 0.2) is 0 Å². The fraction of sp³-hybridized carbons (Fsp3) is 0.741. The van der Waals surface area contributed by atoms with Crippen molar-refractivity contribution in [2.75, 3.05) is 11.9 Å². The van der Waals surface area contributed by atoms with E-state index in [9.17, 15) is 4.79 Å². The quantitative estimate of drug-likeness (QED) is 0.655. The van der Waals surface area contributed by atoms with Crippen molar-refractivity contribution < 1.29 is 9.90 Å². The van der Waals surface area contributed by atoms with E-state index in [1.54, 1.807) is 0 Å². The van der Waals surface area contributed by atoms with E-state index in [-0.39, 0.29) is 6.42 Å². The summed E-state index contributed by atoms with van der Waals surface area (Å²) in [5.74, 6) is 1.29. The zero-order valence-corrected chi connectivity index (χ0v) is 19.2. The van der Waals surface area contributed by atoms with Crippen LogP contribution in [0, 0.1) is 11.8 Å². The van der Waals surface area contributed by atoms with Crippen LogP contribution in [-0.2, 0) is 11.2 Å². The van der Waals surface area contributed by atoms with Gasteiger partial charge in [-0.1, -0.05) is 43.9 Å². The van der Waals surface area contributed by atoms with Crippen LogP contribution in [0.1, 0.15) is 82.6 Å². The van der Waals surface area contributed by atoms with Gasteiger partial charge in [-0.05, 0) is 74.8 Å². The van der Waals surface area contributed by atoms with Gasteiger partial charge in [0.05, 0.1) is 0 Å². The van der Waals surface area contributed by atoms with E-state index < -0.39 is 5.97 Å². The first-order valence-electron chi connectivity index (χ1n) is 12.9. The SMILES string of the molecule is CN(c1ccccc1CCC(=O)O)C1C[C@H]2CCC[C@@H](C1)N2C1C[C@H]2CCC[C@@H](C1)C2. The van der Waals surface area contributed by atoms with E-state index in [1.807, 2.05) is 6.07 Å². The third-order valence-electron chi connectivity index (χ3n) is 9.06. The molecule has 2 aliphatic heterocycles. The number of fused-ring (bicyclic) bond motifs is 4. The standard InChI is InChI=1S/C27H40N2O2/c1-28(26-11-3-2-8-21(26)12-13-27(30)31)24-17-22-9-5-10-23(18-24)29(22)25-15-19-6-4-7-20(14-19)16-25/h2-3,8,11,19-20,22-25H,4-7,9-10,12-18H2,1H3,(H,30,31)/t19-,20+,22-,23+,24?,25?. The smallest absolute Gasteiger partial charge is 0.303 e. The highest BCUT2D eigenvalue weighted by Gasteiger charge is 2.45. The Balaban J connectivity index is 1.30. The van der Waals surface area contributed by atoms with E-state index in [4.69, 9.17) is 5.11 Å². The maximum atomic E-state index is 11.1. The molecule has 2 unspecified atom stereocenters. The van der Waals surface area contributed by atoms with E-state index in [0.717, 1.165) is 30.0 Å². The van der Waals surface area contributed by atoms with Gasteiger partial charge >= 0.3 is 5.97 Å². The van der Waals surface area contributed by atoms with Gasteiger partial charge in [0.1, 0.15) is 0 Å². The Hall–Kier alpha value is -1.55. The van der Waals surface area contributed by atoms with Crippen molar-refractivity contribution in [2.45, 2.75) is 108 Å².